The zero-order valence-electron chi connectivity index (χ0n) is 10.3. The Morgan fingerprint density at radius 1 is 1.56 bits per heavy atom. The van der Waals surface area contributed by atoms with Crippen molar-refractivity contribution in [2.45, 2.75) is 38.6 Å². The summed E-state index contributed by atoms with van der Waals surface area (Å²) < 4.78 is 0. The maximum absolute atomic E-state index is 11.9. The highest BCUT2D eigenvalue weighted by Gasteiger charge is 2.30. The number of rotatable bonds is 4. The third kappa shape index (κ3) is 2.69. The van der Waals surface area contributed by atoms with Gasteiger partial charge in [0.15, 0.2) is 0 Å². The molecule has 0 saturated heterocycles. The van der Waals surface area contributed by atoms with Gasteiger partial charge in [0.05, 0.1) is 5.92 Å². The number of aromatic amines is 1. The number of aromatic nitrogens is 2. The lowest BCUT2D eigenvalue weighted by atomic mass is 10.1. The summed E-state index contributed by atoms with van der Waals surface area (Å²) in [6.45, 7) is 1.98. The van der Waals surface area contributed by atoms with Gasteiger partial charge in [-0.25, -0.2) is 0 Å². The van der Waals surface area contributed by atoms with Crippen molar-refractivity contribution in [2.24, 2.45) is 5.92 Å². The number of carbonyl (C=O) groups excluding carboxylic acids is 1. The standard InChI is InChI=1S/C12H17N3O3/c1-2-8-6-10(15-14-8)11(16)13-9-4-3-7(5-9)12(17)18/h6-7,9H,2-5H2,1H3,(H,13,16)(H,14,15)(H,17,18)/t7-,9+/m1/s1. The number of nitrogens with one attached hydrogen (secondary N) is 2. The van der Waals surface area contributed by atoms with Crippen LogP contribution in [-0.4, -0.2) is 33.2 Å². The fraction of sp³-hybridized carbons (Fsp3) is 0.583. The van der Waals surface area contributed by atoms with Crippen molar-refractivity contribution in [3.05, 3.63) is 17.5 Å². The number of nitrogens with zero attached hydrogens (tertiary/aromatic N) is 1. The summed E-state index contributed by atoms with van der Waals surface area (Å²) in [5.74, 6) is -1.34. The van der Waals surface area contributed by atoms with E-state index in [1.807, 2.05) is 6.92 Å². The van der Waals surface area contributed by atoms with E-state index in [4.69, 9.17) is 5.11 Å². The van der Waals surface area contributed by atoms with E-state index in [9.17, 15) is 9.59 Å². The minimum atomic E-state index is -0.778. The second-order valence-corrected chi connectivity index (χ2v) is 4.65. The van der Waals surface area contributed by atoms with E-state index >= 15 is 0 Å². The Bertz CT molecular complexity index is 455. The molecule has 1 amide bonds. The number of carbonyl (C=O) groups is 2. The van der Waals surface area contributed by atoms with Crippen molar-refractivity contribution in [2.75, 3.05) is 0 Å². The Labute approximate surface area is 105 Å². The largest absolute Gasteiger partial charge is 0.481 e. The molecule has 2 atom stereocenters. The average molecular weight is 251 g/mol. The first-order chi connectivity index (χ1) is 8.60. The van der Waals surface area contributed by atoms with Crippen molar-refractivity contribution in [1.29, 1.82) is 0 Å². The SMILES string of the molecule is CCc1cc(C(=O)N[C@H]2CC[C@@H](C(=O)O)C2)n[nH]1. The van der Waals surface area contributed by atoms with Gasteiger partial charge in [0, 0.05) is 11.7 Å². The number of hydrogen-bond acceptors (Lipinski definition) is 3. The predicted molar refractivity (Wildman–Crippen MR) is 64.2 cm³/mol. The summed E-state index contributed by atoms with van der Waals surface area (Å²) in [6, 6.07) is 1.67. The van der Waals surface area contributed by atoms with E-state index in [1.54, 1.807) is 6.07 Å². The van der Waals surface area contributed by atoms with Gasteiger partial charge in [-0.15, -0.1) is 0 Å². The molecule has 6 nitrogen and oxygen atoms in total. The maximum atomic E-state index is 11.9. The van der Waals surface area contributed by atoms with Crippen LogP contribution in [0, 0.1) is 5.92 Å². The number of carboxylic acid groups (broad SMARTS) is 1. The third-order valence-corrected chi connectivity index (χ3v) is 3.36. The number of carboxylic acids is 1. The van der Waals surface area contributed by atoms with Gasteiger partial charge in [0.25, 0.3) is 5.91 Å². The lowest BCUT2D eigenvalue weighted by molar-refractivity contribution is -0.141. The van der Waals surface area contributed by atoms with Crippen molar-refractivity contribution in [1.82, 2.24) is 15.5 Å². The topological polar surface area (TPSA) is 95.1 Å². The lowest BCUT2D eigenvalue weighted by Gasteiger charge is -2.10. The van der Waals surface area contributed by atoms with E-state index in [2.05, 4.69) is 15.5 Å². The van der Waals surface area contributed by atoms with Crippen molar-refractivity contribution in [3.63, 3.8) is 0 Å². The van der Waals surface area contributed by atoms with E-state index in [-0.39, 0.29) is 17.9 Å². The molecule has 0 aromatic carbocycles. The molecule has 0 spiro atoms. The quantitative estimate of drug-likeness (QED) is 0.742. The van der Waals surface area contributed by atoms with Gasteiger partial charge in [-0.1, -0.05) is 6.92 Å². The van der Waals surface area contributed by atoms with E-state index in [1.165, 1.54) is 0 Å². The number of aryl methyl sites for hydroxylation is 1. The van der Waals surface area contributed by atoms with E-state index in [0.29, 0.717) is 25.0 Å². The van der Waals surface area contributed by atoms with Crippen LogP contribution in [0.25, 0.3) is 0 Å². The summed E-state index contributed by atoms with van der Waals surface area (Å²) in [5, 5.41) is 18.4. The molecule has 1 aliphatic carbocycles. The highest BCUT2D eigenvalue weighted by atomic mass is 16.4. The van der Waals surface area contributed by atoms with Crippen LogP contribution in [0.5, 0.6) is 0 Å². The fourth-order valence-corrected chi connectivity index (χ4v) is 2.26. The van der Waals surface area contributed by atoms with Gasteiger partial charge in [-0.3, -0.25) is 14.7 Å². The number of amides is 1. The molecule has 1 aliphatic rings. The van der Waals surface area contributed by atoms with Crippen LogP contribution in [0.15, 0.2) is 6.07 Å². The van der Waals surface area contributed by atoms with E-state index < -0.39 is 5.97 Å². The molecule has 1 heterocycles. The number of aliphatic carboxylic acids is 1. The molecule has 3 N–H and O–H groups in total. The van der Waals surface area contributed by atoms with Crippen molar-refractivity contribution < 1.29 is 14.7 Å². The van der Waals surface area contributed by atoms with Crippen LogP contribution < -0.4 is 5.32 Å². The molecule has 6 heteroatoms. The first-order valence-corrected chi connectivity index (χ1v) is 6.18. The van der Waals surface area contributed by atoms with Gasteiger partial charge >= 0.3 is 5.97 Å². The molecule has 1 saturated carbocycles. The summed E-state index contributed by atoms with van der Waals surface area (Å²) in [6.07, 6.45) is 2.64. The average Bonchev–Trinajstić information content (AvgIpc) is 2.96. The first kappa shape index (κ1) is 12.6. The Kier molecular flexibility index (Phi) is 3.64. The number of H-pyrrole nitrogens is 1. The van der Waals surface area contributed by atoms with Crippen LogP contribution in [0.1, 0.15) is 42.4 Å². The zero-order chi connectivity index (χ0) is 13.1. The molecule has 0 aliphatic heterocycles. The Hall–Kier alpha value is -1.85. The minimum Gasteiger partial charge on any atom is -0.481 e. The third-order valence-electron chi connectivity index (χ3n) is 3.36. The second kappa shape index (κ2) is 5.20. The predicted octanol–water partition coefficient (Wildman–Crippen LogP) is 0.955. The molecule has 98 valence electrons. The molecule has 1 fully saturated rings. The van der Waals surface area contributed by atoms with Crippen LogP contribution in [-0.2, 0) is 11.2 Å². The Balaban J connectivity index is 1.90. The summed E-state index contributed by atoms with van der Waals surface area (Å²) in [4.78, 5) is 22.7. The van der Waals surface area contributed by atoms with Crippen molar-refractivity contribution in [3.8, 4) is 0 Å². The summed E-state index contributed by atoms with van der Waals surface area (Å²) in [7, 11) is 0. The van der Waals surface area contributed by atoms with E-state index in [0.717, 1.165) is 12.1 Å². The molecule has 0 unspecified atom stereocenters. The monoisotopic (exact) mass is 251 g/mol. The van der Waals surface area contributed by atoms with Crippen molar-refractivity contribution >= 4 is 11.9 Å². The molecule has 2 rings (SSSR count). The molecule has 1 aromatic rings. The molecular weight excluding hydrogens is 234 g/mol. The second-order valence-electron chi connectivity index (χ2n) is 4.65. The van der Waals surface area contributed by atoms with Gasteiger partial charge in [0.2, 0.25) is 0 Å². The smallest absolute Gasteiger partial charge is 0.306 e. The first-order valence-electron chi connectivity index (χ1n) is 6.18. The fourth-order valence-electron chi connectivity index (χ4n) is 2.26. The Morgan fingerprint density at radius 2 is 2.33 bits per heavy atom. The highest BCUT2D eigenvalue weighted by molar-refractivity contribution is 5.92. The Morgan fingerprint density at radius 3 is 2.89 bits per heavy atom. The van der Waals surface area contributed by atoms with Crippen LogP contribution in [0.2, 0.25) is 0 Å². The van der Waals surface area contributed by atoms with Crippen LogP contribution in [0.3, 0.4) is 0 Å². The van der Waals surface area contributed by atoms with Gasteiger partial charge in [-0.2, -0.15) is 5.10 Å². The van der Waals surface area contributed by atoms with Gasteiger partial charge < -0.3 is 10.4 Å². The molecule has 18 heavy (non-hydrogen) atoms. The zero-order valence-corrected chi connectivity index (χ0v) is 10.3. The summed E-state index contributed by atoms with van der Waals surface area (Å²) in [5.41, 5.74) is 1.28. The molecular formula is C12H17N3O3. The van der Waals surface area contributed by atoms with Crippen LogP contribution >= 0.6 is 0 Å². The maximum Gasteiger partial charge on any atom is 0.306 e. The lowest BCUT2D eigenvalue weighted by Crippen LogP contribution is -2.33. The number of hydrogen-bond donors (Lipinski definition) is 3. The highest BCUT2D eigenvalue weighted by Crippen LogP contribution is 2.25. The molecule has 1 aromatic heterocycles. The van der Waals surface area contributed by atoms with Gasteiger partial charge in [0.1, 0.15) is 5.69 Å². The molecule has 0 bridgehead atoms. The van der Waals surface area contributed by atoms with Gasteiger partial charge in [-0.05, 0) is 31.7 Å². The van der Waals surface area contributed by atoms with Crippen LogP contribution in [0.4, 0.5) is 0 Å². The normalized spacial score (nSPS) is 22.9. The summed E-state index contributed by atoms with van der Waals surface area (Å²) >= 11 is 0. The molecule has 0 radical (unpaired) electrons. The minimum absolute atomic E-state index is 0.0552.